The topological polar surface area (TPSA) is 456 Å². The van der Waals surface area contributed by atoms with Crippen LogP contribution in [0.15, 0.2) is 0 Å². The molecule has 0 saturated carbocycles. The first kappa shape index (κ1) is 84.9. The zero-order valence-corrected chi connectivity index (χ0v) is 56.1. The molecule has 0 aromatic carbocycles. The molecule has 20 unspecified atom stereocenters. The minimum atomic E-state index is -1.76. The second-order valence-electron chi connectivity index (χ2n) is 26.7. The number of nitrogens with one attached hydrogen (secondary N) is 1. The highest BCUT2D eigenvalue weighted by Crippen LogP contribution is 2.32. The molecule has 4 aliphatic rings. The summed E-state index contributed by atoms with van der Waals surface area (Å²) in [7, 11) is 0. The highest BCUT2D eigenvalue weighted by Gasteiger charge is 2.52. The summed E-state index contributed by atoms with van der Waals surface area (Å²) in [5.41, 5.74) is -0.270. The Hall–Kier alpha value is -2.48. The van der Waals surface area contributed by atoms with Crippen molar-refractivity contribution in [2.75, 3.05) is 72.6 Å². The van der Waals surface area contributed by atoms with Gasteiger partial charge in [-0.3, -0.25) is 19.2 Å². The van der Waals surface area contributed by atoms with Crippen LogP contribution in [0.5, 0.6) is 0 Å². The molecule has 95 heavy (non-hydrogen) atoms. The van der Waals surface area contributed by atoms with Gasteiger partial charge in [0.2, 0.25) is 5.91 Å². The summed E-state index contributed by atoms with van der Waals surface area (Å²) < 4.78 is 56.1. The van der Waals surface area contributed by atoms with Crippen molar-refractivity contribution < 1.29 is 138 Å². The van der Waals surface area contributed by atoms with Crippen LogP contribution in [0.2, 0.25) is 0 Å². The van der Waals surface area contributed by atoms with Gasteiger partial charge in [-0.2, -0.15) is 0 Å². The summed E-state index contributed by atoms with van der Waals surface area (Å²) in [6.07, 6.45) is -8.76. The molecule has 556 valence electrons. The lowest BCUT2D eigenvalue weighted by Crippen LogP contribution is -2.64. The predicted molar refractivity (Wildman–Crippen MR) is 337 cm³/mol. The molecule has 4 aliphatic heterocycles. The van der Waals surface area contributed by atoms with Crippen molar-refractivity contribution in [3.05, 3.63) is 0 Å². The first-order valence-corrected chi connectivity index (χ1v) is 34.9. The summed E-state index contributed by atoms with van der Waals surface area (Å²) in [6, 6.07) is 0. The molecular weight excluding hydrogens is 1250 g/mol. The Balaban J connectivity index is 0.854. The number of hydrogen-bond donors (Lipinski definition) is 15. The van der Waals surface area contributed by atoms with Crippen molar-refractivity contribution in [2.45, 2.75) is 316 Å². The van der Waals surface area contributed by atoms with Gasteiger partial charge >= 0.3 is 0 Å². The van der Waals surface area contributed by atoms with Crippen molar-refractivity contribution in [2.24, 2.45) is 5.41 Å². The van der Waals surface area contributed by atoms with Crippen LogP contribution >= 0.6 is 0 Å². The molecule has 0 bridgehead atoms. The van der Waals surface area contributed by atoms with Crippen LogP contribution in [0.3, 0.4) is 0 Å². The number of carbonyl (C=O) groups is 4. The quantitative estimate of drug-likeness (QED) is 0.0358. The number of ether oxygens (including phenoxy) is 10. The first-order chi connectivity index (χ1) is 45.6. The molecule has 4 saturated heterocycles. The molecule has 0 radical (unpaired) electrons. The zero-order chi connectivity index (χ0) is 69.7. The summed E-state index contributed by atoms with van der Waals surface area (Å²) in [5.74, 6) is 0.620. The van der Waals surface area contributed by atoms with E-state index in [1.807, 2.05) is 13.8 Å². The number of amides is 1. The number of unbranched alkanes of at least 4 members (excludes halogenated alkanes) is 17. The van der Waals surface area contributed by atoms with Gasteiger partial charge in [0.15, 0.2) is 25.2 Å². The number of rotatable bonds is 53. The Morgan fingerprint density at radius 2 is 0.642 bits per heavy atom. The normalized spacial score (nSPS) is 31.4. The van der Waals surface area contributed by atoms with E-state index in [1.165, 1.54) is 0 Å². The van der Waals surface area contributed by atoms with Gasteiger partial charge in [-0.25, -0.2) is 0 Å². The maximum absolute atomic E-state index is 12.5. The van der Waals surface area contributed by atoms with Gasteiger partial charge in [-0.15, -0.1) is 0 Å². The standard InChI is InChI=1S/C66H119NO28/c1-66(2,40-86-34-29-43(73)26-18-9-4-3-8-16-24-42(72)25-17-11-7-14-22-32-88-62-58(84)54(80)60(47(38-70)92-62)94-64-56(82)52(78)50(76)45(36-68)90-64)41-87-35-30-44(74)27-19-10-5-6-12-20-28-49(75)67-31-21-13-15-23-33-89-63-59(85)55(81)61(48(39-71)93-63)95-65-57(83)53(79)51(77)46(37-69)91-65/h45-48,50-65,68-71,76-85H,3-41H2,1-2H3,(H,67,75). The second kappa shape index (κ2) is 47.6. The SMILES string of the molecule is CC(C)(COCCC(=O)CCCCCCCCC(=O)CCCCCCCOC1OC(CO)C(OC2OC(CO)C(O)C(O)C2O)C(O)C1O)COCCC(=O)CCCCCCCCC(=O)NCCCCCCOC1OC(CO)C(OC2OC(CO)C(O)C(O)C2O)C(O)C1O. The van der Waals surface area contributed by atoms with Crippen molar-refractivity contribution >= 4 is 23.3 Å². The zero-order valence-electron chi connectivity index (χ0n) is 56.1. The van der Waals surface area contributed by atoms with Crippen LogP contribution in [-0.4, -0.2) is 290 Å². The highest BCUT2D eigenvalue weighted by atomic mass is 16.8. The van der Waals surface area contributed by atoms with Crippen molar-refractivity contribution in [1.82, 2.24) is 5.32 Å². The van der Waals surface area contributed by atoms with E-state index < -0.39 is 149 Å². The maximum Gasteiger partial charge on any atom is 0.219 e. The number of Topliss-reactive ketones (excluding diaryl/α,β-unsaturated/α-hetero) is 3. The number of aliphatic hydroxyl groups excluding tert-OH is 14. The smallest absolute Gasteiger partial charge is 0.219 e. The largest absolute Gasteiger partial charge is 0.394 e. The van der Waals surface area contributed by atoms with E-state index in [1.54, 1.807) is 0 Å². The molecular formula is C66H119NO28. The fourth-order valence-corrected chi connectivity index (χ4v) is 11.8. The van der Waals surface area contributed by atoms with E-state index >= 15 is 0 Å². The van der Waals surface area contributed by atoms with Crippen molar-refractivity contribution in [1.29, 1.82) is 0 Å². The Morgan fingerprint density at radius 3 is 1.01 bits per heavy atom. The summed E-state index contributed by atoms with van der Waals surface area (Å²) in [6.45, 7) is 3.89. The van der Waals surface area contributed by atoms with Crippen molar-refractivity contribution in [3.8, 4) is 0 Å². The molecule has 4 rings (SSSR count). The van der Waals surface area contributed by atoms with Crippen LogP contribution in [0.1, 0.15) is 194 Å². The first-order valence-electron chi connectivity index (χ1n) is 34.9. The van der Waals surface area contributed by atoms with Gasteiger partial charge in [0.1, 0.15) is 115 Å². The van der Waals surface area contributed by atoms with Gasteiger partial charge in [0.05, 0.1) is 52.9 Å². The van der Waals surface area contributed by atoms with Crippen molar-refractivity contribution in [3.63, 3.8) is 0 Å². The number of ketones is 3. The molecule has 1 amide bonds. The molecule has 29 heteroatoms. The maximum atomic E-state index is 12.5. The Labute approximate surface area is 559 Å². The van der Waals surface area contributed by atoms with Gasteiger partial charge in [-0.05, 0) is 51.4 Å². The average Bonchev–Trinajstić information content (AvgIpc) is 0.809. The molecule has 15 N–H and O–H groups in total. The molecule has 0 aromatic rings. The second-order valence-corrected chi connectivity index (χ2v) is 26.7. The highest BCUT2D eigenvalue weighted by molar-refractivity contribution is 5.79. The van der Waals surface area contributed by atoms with Gasteiger partial charge < -0.3 is 124 Å². The lowest BCUT2D eigenvalue weighted by Gasteiger charge is -2.45. The van der Waals surface area contributed by atoms with E-state index in [0.29, 0.717) is 90.8 Å². The third kappa shape index (κ3) is 31.1. The third-order valence-corrected chi connectivity index (χ3v) is 17.8. The van der Waals surface area contributed by atoms with E-state index in [0.717, 1.165) is 122 Å². The van der Waals surface area contributed by atoms with Crippen LogP contribution in [0, 0.1) is 5.41 Å². The molecule has 0 spiro atoms. The number of aliphatic hydroxyl groups is 14. The minimum absolute atomic E-state index is 0.00702. The number of hydrogen-bond acceptors (Lipinski definition) is 28. The van der Waals surface area contributed by atoms with Gasteiger partial charge in [-0.1, -0.05) is 97.3 Å². The van der Waals surface area contributed by atoms with Crippen LogP contribution in [0.4, 0.5) is 0 Å². The number of carbonyl (C=O) groups excluding carboxylic acids is 4. The fourth-order valence-electron chi connectivity index (χ4n) is 11.8. The molecule has 4 fully saturated rings. The van der Waals surface area contributed by atoms with Gasteiger partial charge in [0, 0.05) is 70.1 Å². The Kier molecular flexibility index (Phi) is 42.6. The van der Waals surface area contributed by atoms with Crippen LogP contribution < -0.4 is 5.32 Å². The van der Waals surface area contributed by atoms with Crippen LogP contribution in [0.25, 0.3) is 0 Å². The summed E-state index contributed by atoms with van der Waals surface area (Å²) in [4.78, 5) is 49.7. The molecule has 0 aromatic heterocycles. The Morgan fingerprint density at radius 1 is 0.337 bits per heavy atom. The van der Waals surface area contributed by atoms with Crippen LogP contribution in [-0.2, 0) is 66.5 Å². The Bertz CT molecular complexity index is 1920. The summed E-state index contributed by atoms with van der Waals surface area (Å²) in [5, 5.41) is 145. The minimum Gasteiger partial charge on any atom is -0.394 e. The average molecular weight is 1370 g/mol. The predicted octanol–water partition coefficient (Wildman–Crippen LogP) is 0.0735. The lowest BCUT2D eigenvalue weighted by atomic mass is 9.96. The molecule has 29 nitrogen and oxygen atoms in total. The van der Waals surface area contributed by atoms with E-state index in [4.69, 9.17) is 47.4 Å². The van der Waals surface area contributed by atoms with E-state index in [9.17, 15) is 90.7 Å². The fraction of sp³-hybridized carbons (Fsp3) is 0.939. The van der Waals surface area contributed by atoms with E-state index in [-0.39, 0.29) is 41.9 Å². The van der Waals surface area contributed by atoms with Gasteiger partial charge in [0.25, 0.3) is 0 Å². The summed E-state index contributed by atoms with van der Waals surface area (Å²) >= 11 is 0. The van der Waals surface area contributed by atoms with E-state index in [2.05, 4.69) is 5.32 Å². The lowest BCUT2D eigenvalue weighted by molar-refractivity contribution is -0.359. The third-order valence-electron chi connectivity index (χ3n) is 17.8. The molecule has 20 atom stereocenters. The molecule has 0 aliphatic carbocycles. The monoisotopic (exact) mass is 1370 g/mol. The molecule has 4 heterocycles.